The van der Waals surface area contributed by atoms with E-state index in [1.54, 1.807) is 12.1 Å². The van der Waals surface area contributed by atoms with E-state index in [0.29, 0.717) is 11.3 Å². The maximum atomic E-state index is 12.4. The summed E-state index contributed by atoms with van der Waals surface area (Å²) in [6.07, 6.45) is 2.04. The van der Waals surface area contributed by atoms with Crippen molar-refractivity contribution in [1.29, 1.82) is 0 Å². The SMILES string of the molecule is CSCCC(NS(=O)(=O)c1cccc2nsnc12)C(=O)O. The molecule has 7 nitrogen and oxygen atoms in total. The molecule has 0 aliphatic carbocycles. The van der Waals surface area contributed by atoms with Crippen LogP contribution in [0.4, 0.5) is 0 Å². The van der Waals surface area contributed by atoms with Gasteiger partial charge in [-0.05, 0) is 30.6 Å². The molecule has 1 unspecified atom stereocenters. The molecule has 0 fully saturated rings. The molecule has 1 aromatic heterocycles. The lowest BCUT2D eigenvalue weighted by molar-refractivity contribution is -0.139. The van der Waals surface area contributed by atoms with Gasteiger partial charge < -0.3 is 5.11 Å². The number of carbonyl (C=O) groups is 1. The molecule has 2 rings (SSSR count). The van der Waals surface area contributed by atoms with Gasteiger partial charge in [-0.1, -0.05) is 6.07 Å². The molecule has 2 N–H and O–H groups in total. The van der Waals surface area contributed by atoms with Crippen LogP contribution in [0, 0.1) is 0 Å². The van der Waals surface area contributed by atoms with Crippen molar-refractivity contribution in [3.63, 3.8) is 0 Å². The topological polar surface area (TPSA) is 109 Å². The predicted molar refractivity (Wildman–Crippen MR) is 82.2 cm³/mol. The summed E-state index contributed by atoms with van der Waals surface area (Å²) in [5.74, 6) is -0.654. The molecule has 0 spiro atoms. The Morgan fingerprint density at radius 1 is 1.48 bits per heavy atom. The molecular weight excluding hydrogens is 334 g/mol. The maximum Gasteiger partial charge on any atom is 0.321 e. The monoisotopic (exact) mass is 347 g/mol. The van der Waals surface area contributed by atoms with Crippen molar-refractivity contribution in [2.24, 2.45) is 0 Å². The Morgan fingerprint density at radius 2 is 2.24 bits per heavy atom. The summed E-state index contributed by atoms with van der Waals surface area (Å²) in [5.41, 5.74) is 0.725. The Bertz CT molecular complexity index is 744. The predicted octanol–water partition coefficient (Wildman–Crippen LogP) is 1.18. The van der Waals surface area contributed by atoms with Crippen molar-refractivity contribution in [3.8, 4) is 0 Å². The molecule has 0 radical (unpaired) electrons. The van der Waals surface area contributed by atoms with E-state index in [-0.39, 0.29) is 16.8 Å². The van der Waals surface area contributed by atoms with Gasteiger partial charge in [-0.3, -0.25) is 4.79 Å². The lowest BCUT2D eigenvalue weighted by Gasteiger charge is -2.14. The molecule has 114 valence electrons. The molecule has 0 amide bonds. The van der Waals surface area contributed by atoms with Gasteiger partial charge in [0, 0.05) is 0 Å². The summed E-state index contributed by atoms with van der Waals surface area (Å²) in [6.45, 7) is 0. The number of hydrogen-bond acceptors (Lipinski definition) is 7. The molecule has 1 heterocycles. The second-order valence-corrected chi connectivity index (χ2v) is 7.38. The number of rotatable bonds is 7. The molecule has 0 bridgehead atoms. The third-order valence-electron chi connectivity index (χ3n) is 2.74. The summed E-state index contributed by atoms with van der Waals surface area (Å²) >= 11 is 2.36. The van der Waals surface area contributed by atoms with Gasteiger partial charge in [0.25, 0.3) is 0 Å². The molecular formula is C11H13N3O4S3. The quantitative estimate of drug-likeness (QED) is 0.774. The van der Waals surface area contributed by atoms with Gasteiger partial charge in [0.1, 0.15) is 22.0 Å². The number of benzene rings is 1. The van der Waals surface area contributed by atoms with Crippen LogP contribution in [0.1, 0.15) is 6.42 Å². The van der Waals surface area contributed by atoms with E-state index in [2.05, 4.69) is 13.5 Å². The second-order valence-electron chi connectivity index (χ2n) is 4.18. The lowest BCUT2D eigenvalue weighted by Crippen LogP contribution is -2.41. The zero-order valence-electron chi connectivity index (χ0n) is 11.0. The fraction of sp³-hybridized carbons (Fsp3) is 0.364. The van der Waals surface area contributed by atoms with E-state index in [0.717, 1.165) is 11.7 Å². The highest BCUT2D eigenvalue weighted by molar-refractivity contribution is 7.98. The highest BCUT2D eigenvalue weighted by atomic mass is 32.2. The van der Waals surface area contributed by atoms with E-state index in [1.165, 1.54) is 17.8 Å². The highest BCUT2D eigenvalue weighted by Crippen LogP contribution is 2.21. The van der Waals surface area contributed by atoms with E-state index in [1.807, 2.05) is 6.26 Å². The number of aromatic nitrogens is 2. The average Bonchev–Trinajstić information content (AvgIpc) is 2.91. The third-order valence-corrected chi connectivity index (χ3v) is 5.43. The van der Waals surface area contributed by atoms with Crippen molar-refractivity contribution >= 4 is 50.5 Å². The first-order valence-corrected chi connectivity index (χ1v) is 9.52. The van der Waals surface area contributed by atoms with Gasteiger partial charge >= 0.3 is 5.97 Å². The van der Waals surface area contributed by atoms with Crippen LogP contribution in [0.25, 0.3) is 11.0 Å². The van der Waals surface area contributed by atoms with Gasteiger partial charge in [0.05, 0.1) is 11.7 Å². The summed E-state index contributed by atoms with van der Waals surface area (Å²) in [7, 11) is -3.97. The molecule has 10 heteroatoms. The molecule has 0 aliphatic heterocycles. The largest absolute Gasteiger partial charge is 0.480 e. The zero-order valence-corrected chi connectivity index (χ0v) is 13.5. The van der Waals surface area contributed by atoms with E-state index in [9.17, 15) is 13.2 Å². The van der Waals surface area contributed by atoms with Gasteiger partial charge in [-0.2, -0.15) is 25.2 Å². The minimum atomic E-state index is -3.97. The summed E-state index contributed by atoms with van der Waals surface area (Å²) in [5, 5.41) is 9.12. The number of aliphatic carboxylic acids is 1. The molecule has 0 aliphatic rings. The van der Waals surface area contributed by atoms with Crippen LogP contribution >= 0.6 is 23.5 Å². The second kappa shape index (κ2) is 6.69. The first-order valence-electron chi connectivity index (χ1n) is 5.91. The van der Waals surface area contributed by atoms with Gasteiger partial charge in [-0.15, -0.1) is 0 Å². The fourth-order valence-electron chi connectivity index (χ4n) is 1.72. The van der Waals surface area contributed by atoms with Crippen molar-refractivity contribution in [3.05, 3.63) is 18.2 Å². The number of sulfonamides is 1. The van der Waals surface area contributed by atoms with E-state index in [4.69, 9.17) is 5.11 Å². The van der Waals surface area contributed by atoms with Crippen LogP contribution < -0.4 is 4.72 Å². The standard InChI is InChI=1S/C11H13N3O4S3/c1-19-6-5-8(11(15)16)14-21(17,18)9-4-2-3-7-10(9)13-20-12-7/h2-4,8,14H,5-6H2,1H3,(H,15,16). The Morgan fingerprint density at radius 3 is 2.90 bits per heavy atom. The fourth-order valence-corrected chi connectivity index (χ4v) is 4.18. The minimum Gasteiger partial charge on any atom is -0.480 e. The van der Waals surface area contributed by atoms with Crippen LogP contribution in [0.5, 0.6) is 0 Å². The Labute approximate surface area is 130 Å². The molecule has 21 heavy (non-hydrogen) atoms. The van der Waals surface area contributed by atoms with Gasteiger partial charge in [0.15, 0.2) is 0 Å². The van der Waals surface area contributed by atoms with E-state index < -0.39 is 22.0 Å². The average molecular weight is 347 g/mol. The molecule has 1 aromatic carbocycles. The first kappa shape index (κ1) is 16.1. The summed E-state index contributed by atoms with van der Waals surface area (Å²) in [6, 6.07) is 3.43. The lowest BCUT2D eigenvalue weighted by atomic mass is 10.2. The zero-order chi connectivity index (χ0) is 15.5. The first-order chi connectivity index (χ1) is 9.95. The van der Waals surface area contributed by atoms with Crippen LogP contribution in [-0.4, -0.2) is 46.3 Å². The molecule has 0 saturated carbocycles. The Kier molecular flexibility index (Phi) is 5.14. The third kappa shape index (κ3) is 3.70. The van der Waals surface area contributed by atoms with Crippen molar-refractivity contribution < 1.29 is 18.3 Å². The minimum absolute atomic E-state index is 0.0517. The number of nitrogens with zero attached hydrogens (tertiary/aromatic N) is 2. The number of thioether (sulfide) groups is 1. The number of carboxylic acids is 1. The van der Waals surface area contributed by atoms with Gasteiger partial charge in [0.2, 0.25) is 10.0 Å². The van der Waals surface area contributed by atoms with Crippen LogP contribution in [-0.2, 0) is 14.8 Å². The summed E-state index contributed by atoms with van der Waals surface area (Å²) < 4.78 is 34.9. The number of hydrogen-bond donors (Lipinski definition) is 2. The van der Waals surface area contributed by atoms with E-state index >= 15 is 0 Å². The summed E-state index contributed by atoms with van der Waals surface area (Å²) in [4.78, 5) is 11.1. The van der Waals surface area contributed by atoms with Crippen LogP contribution in [0.2, 0.25) is 0 Å². The number of fused-ring (bicyclic) bond motifs is 1. The smallest absolute Gasteiger partial charge is 0.321 e. The Balaban J connectivity index is 2.33. The van der Waals surface area contributed by atoms with Crippen molar-refractivity contribution in [2.45, 2.75) is 17.4 Å². The highest BCUT2D eigenvalue weighted by Gasteiger charge is 2.27. The van der Waals surface area contributed by atoms with Crippen molar-refractivity contribution in [2.75, 3.05) is 12.0 Å². The Hall–Kier alpha value is -1.23. The van der Waals surface area contributed by atoms with Crippen LogP contribution in [0.15, 0.2) is 23.1 Å². The number of nitrogens with one attached hydrogen (secondary N) is 1. The van der Waals surface area contributed by atoms with Gasteiger partial charge in [-0.25, -0.2) is 8.42 Å². The molecule has 0 saturated heterocycles. The molecule has 2 aromatic rings. The molecule has 1 atom stereocenters. The number of carboxylic acid groups (broad SMARTS) is 1. The maximum absolute atomic E-state index is 12.4. The normalized spacial score (nSPS) is 13.4. The van der Waals surface area contributed by atoms with Crippen molar-refractivity contribution in [1.82, 2.24) is 13.5 Å². The van der Waals surface area contributed by atoms with Crippen LogP contribution in [0.3, 0.4) is 0 Å².